The molecule has 0 fully saturated rings. The summed E-state index contributed by atoms with van der Waals surface area (Å²) in [7, 11) is 0. The predicted octanol–water partition coefficient (Wildman–Crippen LogP) is 6.38. The van der Waals surface area contributed by atoms with Gasteiger partial charge in [0, 0.05) is 21.5 Å². The zero-order valence-electron chi connectivity index (χ0n) is 22.8. The second-order valence-electron chi connectivity index (χ2n) is 8.90. The quantitative estimate of drug-likeness (QED) is 0.139. The van der Waals surface area contributed by atoms with Crippen molar-refractivity contribution < 1.29 is 19.1 Å². The van der Waals surface area contributed by atoms with E-state index in [1.54, 1.807) is 54.6 Å². The van der Waals surface area contributed by atoms with E-state index in [1.807, 2.05) is 56.5 Å². The highest BCUT2D eigenvalue weighted by Gasteiger charge is 2.17. The van der Waals surface area contributed by atoms with Gasteiger partial charge in [-0.3, -0.25) is 14.4 Å². The van der Waals surface area contributed by atoms with Gasteiger partial charge in [0.25, 0.3) is 11.8 Å². The van der Waals surface area contributed by atoms with Gasteiger partial charge in [-0.05, 0) is 80.9 Å². The summed E-state index contributed by atoms with van der Waals surface area (Å²) in [5.74, 6) is -0.299. The number of carbonyl (C=O) groups is 3. The topological polar surface area (TPSA) is 109 Å². The molecule has 0 aliphatic heterocycles. The third-order valence-electron chi connectivity index (χ3n) is 5.67. The predicted molar refractivity (Wildman–Crippen MR) is 165 cm³/mol. The van der Waals surface area contributed by atoms with E-state index in [1.165, 1.54) is 23.1 Å². The lowest BCUT2D eigenvalue weighted by atomic mass is 10.1. The number of aromatic nitrogens is 1. The van der Waals surface area contributed by atoms with Crippen LogP contribution in [0.2, 0.25) is 0 Å². The average Bonchev–Trinajstić information content (AvgIpc) is 3.39. The first-order chi connectivity index (χ1) is 19.8. The molecule has 210 valence electrons. The number of rotatable bonds is 11. The van der Waals surface area contributed by atoms with Gasteiger partial charge in [-0.15, -0.1) is 23.1 Å². The van der Waals surface area contributed by atoms with Crippen LogP contribution in [-0.4, -0.2) is 34.6 Å². The number of ether oxygens (including phenoxy) is 1. The van der Waals surface area contributed by atoms with Crippen molar-refractivity contribution in [2.24, 2.45) is 0 Å². The number of thioether (sulfide) groups is 1. The van der Waals surface area contributed by atoms with Crippen molar-refractivity contribution in [2.45, 2.75) is 30.9 Å². The zero-order chi connectivity index (χ0) is 29.2. The number of hydrogen-bond acceptors (Lipinski definition) is 7. The minimum absolute atomic E-state index is 0.0872. The van der Waals surface area contributed by atoms with E-state index >= 15 is 0 Å². The molecule has 0 saturated carbocycles. The molecule has 8 nitrogen and oxygen atoms in total. The molecule has 1 heterocycles. The summed E-state index contributed by atoms with van der Waals surface area (Å²) in [6, 6.07) is 23.1. The zero-order valence-corrected chi connectivity index (χ0v) is 24.5. The van der Waals surface area contributed by atoms with E-state index in [0.29, 0.717) is 28.7 Å². The van der Waals surface area contributed by atoms with Crippen LogP contribution < -0.4 is 20.7 Å². The summed E-state index contributed by atoms with van der Waals surface area (Å²) in [6.07, 6.45) is 1.61. The Morgan fingerprint density at radius 1 is 0.976 bits per heavy atom. The van der Waals surface area contributed by atoms with Crippen molar-refractivity contribution in [3.8, 4) is 5.75 Å². The monoisotopic (exact) mass is 586 g/mol. The van der Waals surface area contributed by atoms with Crippen LogP contribution in [0.5, 0.6) is 5.75 Å². The molecule has 3 aromatic carbocycles. The van der Waals surface area contributed by atoms with E-state index in [-0.39, 0.29) is 16.9 Å². The Balaban J connectivity index is 1.44. The van der Waals surface area contributed by atoms with Crippen molar-refractivity contribution in [2.75, 3.05) is 17.2 Å². The van der Waals surface area contributed by atoms with E-state index in [0.717, 1.165) is 16.2 Å². The second-order valence-corrected chi connectivity index (χ2v) is 11.2. The Kier molecular flexibility index (Phi) is 10.3. The number of amides is 3. The molecule has 0 spiro atoms. The fraction of sp³-hybridized carbons (Fsp3) is 0.161. The first kappa shape index (κ1) is 29.6. The largest absolute Gasteiger partial charge is 0.494 e. The summed E-state index contributed by atoms with van der Waals surface area (Å²) in [4.78, 5) is 43.8. The molecule has 10 heteroatoms. The SMILES string of the molecule is CCOc1ccc(/C=C(\NC(=O)c2ccccc2)C(=O)Nc2ccc(SC(C)C(=O)Nc3nc(C)cs3)cc2)cc1. The van der Waals surface area contributed by atoms with Crippen LogP contribution in [-0.2, 0) is 9.59 Å². The Hall–Kier alpha value is -4.41. The van der Waals surface area contributed by atoms with Gasteiger partial charge in [0.1, 0.15) is 11.4 Å². The number of nitrogens with one attached hydrogen (secondary N) is 3. The van der Waals surface area contributed by atoms with Gasteiger partial charge in [-0.1, -0.05) is 30.3 Å². The lowest BCUT2D eigenvalue weighted by molar-refractivity contribution is -0.115. The average molecular weight is 587 g/mol. The molecular formula is C31H30N4O4S2. The first-order valence-corrected chi connectivity index (χ1v) is 14.7. The standard InChI is InChI=1S/C31H30N4O4S2/c1-4-39-25-14-10-22(11-15-25)18-27(34-29(37)23-8-6-5-7-9-23)30(38)33-24-12-16-26(17-13-24)41-21(3)28(36)35-31-32-20(2)19-40-31/h5-19,21H,4H2,1-3H3,(H,33,38)(H,34,37)(H,32,35,36)/b27-18-. The highest BCUT2D eigenvalue weighted by Crippen LogP contribution is 2.26. The minimum Gasteiger partial charge on any atom is -0.494 e. The van der Waals surface area contributed by atoms with Crippen LogP contribution in [0.25, 0.3) is 6.08 Å². The molecule has 41 heavy (non-hydrogen) atoms. The third-order valence-corrected chi connectivity index (χ3v) is 7.66. The molecule has 1 atom stereocenters. The van der Waals surface area contributed by atoms with Crippen molar-refractivity contribution in [3.05, 3.63) is 107 Å². The van der Waals surface area contributed by atoms with Crippen LogP contribution in [0.15, 0.2) is 94.8 Å². The van der Waals surface area contributed by atoms with Crippen LogP contribution in [0.3, 0.4) is 0 Å². The van der Waals surface area contributed by atoms with Crippen molar-refractivity contribution >= 4 is 57.7 Å². The lowest BCUT2D eigenvalue weighted by Gasteiger charge is -2.13. The molecule has 4 aromatic rings. The van der Waals surface area contributed by atoms with Gasteiger partial charge in [0.2, 0.25) is 5.91 Å². The molecule has 1 aromatic heterocycles. The van der Waals surface area contributed by atoms with Gasteiger partial charge < -0.3 is 20.7 Å². The van der Waals surface area contributed by atoms with E-state index in [2.05, 4.69) is 20.9 Å². The molecule has 0 aliphatic carbocycles. The van der Waals surface area contributed by atoms with Crippen molar-refractivity contribution in [1.29, 1.82) is 0 Å². The number of nitrogens with zero attached hydrogens (tertiary/aromatic N) is 1. The number of thiazole rings is 1. The van der Waals surface area contributed by atoms with E-state index in [4.69, 9.17) is 4.74 Å². The fourth-order valence-corrected chi connectivity index (χ4v) is 5.19. The molecule has 4 rings (SSSR count). The third kappa shape index (κ3) is 8.79. The molecule has 3 amide bonds. The van der Waals surface area contributed by atoms with Crippen LogP contribution in [0.1, 0.15) is 35.5 Å². The Bertz CT molecular complexity index is 1520. The molecule has 3 N–H and O–H groups in total. The first-order valence-electron chi connectivity index (χ1n) is 12.9. The van der Waals surface area contributed by atoms with Crippen LogP contribution >= 0.6 is 23.1 Å². The molecule has 0 radical (unpaired) electrons. The van der Waals surface area contributed by atoms with E-state index < -0.39 is 11.8 Å². The number of carbonyl (C=O) groups excluding carboxylic acids is 3. The molecule has 1 unspecified atom stereocenters. The molecular weight excluding hydrogens is 556 g/mol. The smallest absolute Gasteiger partial charge is 0.272 e. The van der Waals surface area contributed by atoms with Gasteiger partial charge >= 0.3 is 0 Å². The maximum Gasteiger partial charge on any atom is 0.272 e. The van der Waals surface area contributed by atoms with Crippen LogP contribution in [0.4, 0.5) is 10.8 Å². The summed E-state index contributed by atoms with van der Waals surface area (Å²) < 4.78 is 5.49. The summed E-state index contributed by atoms with van der Waals surface area (Å²) in [5, 5.41) is 10.5. The van der Waals surface area contributed by atoms with Crippen molar-refractivity contribution in [3.63, 3.8) is 0 Å². The molecule has 0 bridgehead atoms. The van der Waals surface area contributed by atoms with Gasteiger partial charge in [-0.25, -0.2) is 4.98 Å². The lowest BCUT2D eigenvalue weighted by Crippen LogP contribution is -2.30. The van der Waals surface area contributed by atoms with Crippen LogP contribution in [0, 0.1) is 6.92 Å². The summed E-state index contributed by atoms with van der Waals surface area (Å²) in [6.45, 7) is 6.15. The highest BCUT2D eigenvalue weighted by molar-refractivity contribution is 8.00. The van der Waals surface area contributed by atoms with Gasteiger partial charge in [0.15, 0.2) is 5.13 Å². The normalized spacial score (nSPS) is 11.8. The number of benzene rings is 3. The minimum atomic E-state index is -0.477. The Morgan fingerprint density at radius 3 is 2.32 bits per heavy atom. The maximum atomic E-state index is 13.3. The fourth-order valence-electron chi connectivity index (χ4n) is 3.63. The maximum absolute atomic E-state index is 13.3. The molecule has 0 saturated heterocycles. The summed E-state index contributed by atoms with van der Waals surface area (Å²) >= 11 is 2.79. The van der Waals surface area contributed by atoms with Gasteiger partial charge in [0.05, 0.1) is 17.6 Å². The Morgan fingerprint density at radius 2 is 1.68 bits per heavy atom. The number of hydrogen-bond donors (Lipinski definition) is 3. The highest BCUT2D eigenvalue weighted by atomic mass is 32.2. The Labute approximate surface area is 247 Å². The summed E-state index contributed by atoms with van der Waals surface area (Å²) in [5.41, 5.74) is 2.65. The second kappa shape index (κ2) is 14.3. The number of anilines is 2. The molecule has 0 aliphatic rings. The number of aryl methyl sites for hydroxylation is 1. The van der Waals surface area contributed by atoms with Gasteiger partial charge in [-0.2, -0.15) is 0 Å². The van der Waals surface area contributed by atoms with E-state index in [9.17, 15) is 14.4 Å². The van der Waals surface area contributed by atoms with Crippen molar-refractivity contribution in [1.82, 2.24) is 10.3 Å².